The van der Waals surface area contributed by atoms with Gasteiger partial charge in [-0.25, -0.2) is 4.98 Å². The summed E-state index contributed by atoms with van der Waals surface area (Å²) in [6.07, 6.45) is 3.79. The van der Waals surface area contributed by atoms with Gasteiger partial charge in [-0.1, -0.05) is 11.6 Å². The third-order valence-corrected chi connectivity index (χ3v) is 3.87. The average Bonchev–Trinajstić information content (AvgIpc) is 2.45. The summed E-state index contributed by atoms with van der Waals surface area (Å²) in [6.45, 7) is 9.47. The van der Waals surface area contributed by atoms with Crippen molar-refractivity contribution in [2.45, 2.75) is 45.7 Å². The largest absolute Gasteiger partial charge is 0.477 e. The number of halogens is 1. The molecule has 0 amide bonds. The van der Waals surface area contributed by atoms with Crippen molar-refractivity contribution in [3.63, 3.8) is 0 Å². The van der Waals surface area contributed by atoms with Crippen molar-refractivity contribution in [1.82, 2.24) is 10.3 Å². The van der Waals surface area contributed by atoms with E-state index in [1.807, 2.05) is 6.07 Å². The molecule has 0 unspecified atom stereocenters. The van der Waals surface area contributed by atoms with Crippen LogP contribution in [0.3, 0.4) is 0 Å². The van der Waals surface area contributed by atoms with Crippen LogP contribution in [0.25, 0.3) is 0 Å². The SMILES string of the molecule is CC(C)(C)NCc1cc(OCC2CCOCC2)ncc1Cl. The van der Waals surface area contributed by atoms with Gasteiger partial charge in [0.25, 0.3) is 0 Å². The van der Waals surface area contributed by atoms with Crippen LogP contribution in [0.4, 0.5) is 0 Å². The molecule has 2 heterocycles. The average molecular weight is 313 g/mol. The molecule has 0 spiro atoms. The predicted octanol–water partition coefficient (Wildman–Crippen LogP) is 3.43. The molecule has 1 saturated heterocycles. The van der Waals surface area contributed by atoms with E-state index < -0.39 is 0 Å². The van der Waals surface area contributed by atoms with Crippen LogP contribution in [0, 0.1) is 5.92 Å². The summed E-state index contributed by atoms with van der Waals surface area (Å²) in [5.74, 6) is 1.21. The molecule has 0 aliphatic carbocycles. The predicted molar refractivity (Wildman–Crippen MR) is 84.9 cm³/mol. The summed E-state index contributed by atoms with van der Waals surface area (Å²) in [4.78, 5) is 4.25. The van der Waals surface area contributed by atoms with E-state index in [1.54, 1.807) is 6.20 Å². The molecular formula is C16H25ClN2O2. The highest BCUT2D eigenvalue weighted by atomic mass is 35.5. The van der Waals surface area contributed by atoms with Crippen molar-refractivity contribution in [1.29, 1.82) is 0 Å². The maximum Gasteiger partial charge on any atom is 0.213 e. The van der Waals surface area contributed by atoms with Crippen LogP contribution in [0.2, 0.25) is 5.02 Å². The van der Waals surface area contributed by atoms with E-state index in [-0.39, 0.29) is 5.54 Å². The molecule has 1 N–H and O–H groups in total. The third kappa shape index (κ3) is 5.81. The first kappa shape index (κ1) is 16.5. The fourth-order valence-corrected chi connectivity index (χ4v) is 2.32. The lowest BCUT2D eigenvalue weighted by Gasteiger charge is -2.22. The first-order valence-corrected chi connectivity index (χ1v) is 7.92. The molecule has 21 heavy (non-hydrogen) atoms. The van der Waals surface area contributed by atoms with E-state index >= 15 is 0 Å². The lowest BCUT2D eigenvalue weighted by atomic mass is 10.0. The maximum atomic E-state index is 6.20. The maximum absolute atomic E-state index is 6.20. The van der Waals surface area contributed by atoms with Crippen LogP contribution < -0.4 is 10.1 Å². The molecule has 5 heteroatoms. The molecule has 0 atom stereocenters. The molecule has 4 nitrogen and oxygen atoms in total. The molecule has 1 aliphatic rings. The molecule has 0 bridgehead atoms. The summed E-state index contributed by atoms with van der Waals surface area (Å²) < 4.78 is 11.2. The van der Waals surface area contributed by atoms with Gasteiger partial charge < -0.3 is 14.8 Å². The van der Waals surface area contributed by atoms with Crippen molar-refractivity contribution in [2.24, 2.45) is 5.92 Å². The summed E-state index contributed by atoms with van der Waals surface area (Å²) in [5.41, 5.74) is 1.07. The number of hydrogen-bond acceptors (Lipinski definition) is 4. The smallest absolute Gasteiger partial charge is 0.213 e. The Morgan fingerprint density at radius 3 is 2.76 bits per heavy atom. The molecule has 1 aromatic heterocycles. The van der Waals surface area contributed by atoms with Gasteiger partial charge in [0.2, 0.25) is 5.88 Å². The summed E-state index contributed by atoms with van der Waals surface area (Å²) in [5, 5.41) is 4.10. The highest BCUT2D eigenvalue weighted by molar-refractivity contribution is 6.31. The lowest BCUT2D eigenvalue weighted by molar-refractivity contribution is 0.0490. The number of aromatic nitrogens is 1. The van der Waals surface area contributed by atoms with Gasteiger partial charge in [-0.2, -0.15) is 0 Å². The van der Waals surface area contributed by atoms with Crippen molar-refractivity contribution in [3.05, 3.63) is 22.8 Å². The lowest BCUT2D eigenvalue weighted by Crippen LogP contribution is -2.35. The Balaban J connectivity index is 1.91. The van der Waals surface area contributed by atoms with Gasteiger partial charge in [0.15, 0.2) is 0 Å². The van der Waals surface area contributed by atoms with Crippen molar-refractivity contribution in [2.75, 3.05) is 19.8 Å². The Morgan fingerprint density at radius 2 is 2.10 bits per heavy atom. The number of pyridine rings is 1. The second kappa shape index (κ2) is 7.43. The molecular weight excluding hydrogens is 288 g/mol. The van der Waals surface area contributed by atoms with Crippen LogP contribution in [-0.4, -0.2) is 30.3 Å². The zero-order chi connectivity index (χ0) is 15.3. The minimum atomic E-state index is 0.0513. The Morgan fingerprint density at radius 1 is 1.38 bits per heavy atom. The topological polar surface area (TPSA) is 43.4 Å². The Bertz CT molecular complexity index is 454. The Kier molecular flexibility index (Phi) is 5.85. The van der Waals surface area contributed by atoms with Gasteiger partial charge in [0.1, 0.15) is 0 Å². The van der Waals surface area contributed by atoms with Gasteiger partial charge in [-0.3, -0.25) is 0 Å². The zero-order valence-corrected chi connectivity index (χ0v) is 13.9. The first-order chi connectivity index (χ1) is 9.94. The summed E-state index contributed by atoms with van der Waals surface area (Å²) in [7, 11) is 0. The minimum absolute atomic E-state index is 0.0513. The molecule has 0 saturated carbocycles. The normalized spacial score (nSPS) is 17.0. The van der Waals surface area contributed by atoms with Gasteiger partial charge in [-0.15, -0.1) is 0 Å². The summed E-state index contributed by atoms with van der Waals surface area (Å²) in [6, 6.07) is 1.93. The van der Waals surface area contributed by atoms with Gasteiger partial charge in [-0.05, 0) is 45.1 Å². The first-order valence-electron chi connectivity index (χ1n) is 7.54. The molecule has 1 aromatic rings. The Hall–Kier alpha value is -0.840. The van der Waals surface area contributed by atoms with Crippen LogP contribution in [0.5, 0.6) is 5.88 Å². The van der Waals surface area contributed by atoms with Gasteiger partial charge in [0.05, 0.1) is 11.6 Å². The van der Waals surface area contributed by atoms with Crippen molar-refractivity contribution >= 4 is 11.6 Å². The zero-order valence-electron chi connectivity index (χ0n) is 13.1. The molecule has 0 aromatic carbocycles. The fourth-order valence-electron chi connectivity index (χ4n) is 2.15. The van der Waals surface area contributed by atoms with E-state index in [0.717, 1.165) is 31.6 Å². The standard InChI is InChI=1S/C16H25ClN2O2/c1-16(2,3)19-9-13-8-15(18-10-14(13)17)21-11-12-4-6-20-7-5-12/h8,10,12,19H,4-7,9,11H2,1-3H3. The number of rotatable bonds is 5. The monoisotopic (exact) mass is 312 g/mol. The van der Waals surface area contributed by atoms with E-state index in [9.17, 15) is 0 Å². The number of ether oxygens (including phenoxy) is 2. The van der Waals surface area contributed by atoms with Crippen LogP contribution >= 0.6 is 11.6 Å². The summed E-state index contributed by atoms with van der Waals surface area (Å²) >= 11 is 6.20. The van der Waals surface area contributed by atoms with Crippen LogP contribution in [0.15, 0.2) is 12.3 Å². The molecule has 0 radical (unpaired) electrons. The number of hydrogen-bond donors (Lipinski definition) is 1. The van der Waals surface area contributed by atoms with E-state index in [2.05, 4.69) is 31.1 Å². The van der Waals surface area contributed by atoms with E-state index in [4.69, 9.17) is 21.1 Å². The second-order valence-corrected chi connectivity index (χ2v) is 6.99. The Labute approximate surface area is 132 Å². The van der Waals surface area contributed by atoms with Gasteiger partial charge in [0, 0.05) is 37.6 Å². The molecule has 1 aliphatic heterocycles. The number of nitrogens with one attached hydrogen (secondary N) is 1. The highest BCUT2D eigenvalue weighted by Gasteiger charge is 2.15. The fraction of sp³-hybridized carbons (Fsp3) is 0.688. The minimum Gasteiger partial charge on any atom is -0.477 e. The molecule has 118 valence electrons. The van der Waals surface area contributed by atoms with Crippen molar-refractivity contribution < 1.29 is 9.47 Å². The number of nitrogens with zero attached hydrogens (tertiary/aromatic N) is 1. The molecule has 2 rings (SSSR count). The second-order valence-electron chi connectivity index (χ2n) is 6.58. The third-order valence-electron chi connectivity index (χ3n) is 3.53. The van der Waals surface area contributed by atoms with Crippen LogP contribution in [0.1, 0.15) is 39.2 Å². The van der Waals surface area contributed by atoms with Crippen LogP contribution in [-0.2, 0) is 11.3 Å². The highest BCUT2D eigenvalue weighted by Crippen LogP contribution is 2.22. The quantitative estimate of drug-likeness (QED) is 0.904. The van der Waals surface area contributed by atoms with E-state index in [0.29, 0.717) is 30.0 Å². The van der Waals surface area contributed by atoms with Gasteiger partial charge >= 0.3 is 0 Å². The van der Waals surface area contributed by atoms with Crippen molar-refractivity contribution in [3.8, 4) is 5.88 Å². The van der Waals surface area contributed by atoms with E-state index in [1.165, 1.54) is 0 Å². The molecule has 1 fully saturated rings.